The van der Waals surface area contributed by atoms with Crippen LogP contribution in [0.15, 0.2) is 17.5 Å². The lowest BCUT2D eigenvalue weighted by Crippen LogP contribution is -2.50. The summed E-state index contributed by atoms with van der Waals surface area (Å²) in [5.41, 5.74) is -0.525. The SMILES string of the molecule is CC1(C(=O)NC(C(=O)O)c2cccs2)CCCNC1. The monoisotopic (exact) mass is 282 g/mol. The van der Waals surface area contributed by atoms with E-state index in [9.17, 15) is 14.7 Å². The van der Waals surface area contributed by atoms with E-state index in [-0.39, 0.29) is 5.91 Å². The fraction of sp³-hybridized carbons (Fsp3) is 0.538. The van der Waals surface area contributed by atoms with Gasteiger partial charge in [0, 0.05) is 11.4 Å². The van der Waals surface area contributed by atoms with Crippen molar-refractivity contribution in [1.29, 1.82) is 0 Å². The molecule has 3 N–H and O–H groups in total. The van der Waals surface area contributed by atoms with Gasteiger partial charge in [0.1, 0.15) is 0 Å². The van der Waals surface area contributed by atoms with Crippen LogP contribution in [0.4, 0.5) is 0 Å². The maximum Gasteiger partial charge on any atom is 0.331 e. The van der Waals surface area contributed by atoms with Crippen molar-refractivity contribution in [3.8, 4) is 0 Å². The molecule has 5 nitrogen and oxygen atoms in total. The number of carboxylic acids is 1. The average Bonchev–Trinajstić information content (AvgIpc) is 2.89. The van der Waals surface area contributed by atoms with Gasteiger partial charge in [-0.3, -0.25) is 4.79 Å². The van der Waals surface area contributed by atoms with Gasteiger partial charge in [-0.2, -0.15) is 0 Å². The Hall–Kier alpha value is -1.40. The van der Waals surface area contributed by atoms with Crippen molar-refractivity contribution in [2.75, 3.05) is 13.1 Å². The summed E-state index contributed by atoms with van der Waals surface area (Å²) in [6.45, 7) is 3.38. The summed E-state index contributed by atoms with van der Waals surface area (Å²) in [6, 6.07) is 2.56. The predicted octanol–water partition coefficient (Wildman–Crippen LogP) is 1.38. The minimum Gasteiger partial charge on any atom is -0.479 e. The molecule has 1 aromatic rings. The van der Waals surface area contributed by atoms with Gasteiger partial charge in [0.25, 0.3) is 0 Å². The van der Waals surface area contributed by atoms with Crippen molar-refractivity contribution in [3.05, 3.63) is 22.4 Å². The van der Waals surface area contributed by atoms with Crippen LogP contribution in [-0.2, 0) is 9.59 Å². The molecule has 0 saturated carbocycles. The molecular formula is C13H18N2O3S. The first-order chi connectivity index (χ1) is 9.03. The normalized spacial score (nSPS) is 24.7. The molecule has 0 spiro atoms. The zero-order valence-electron chi connectivity index (χ0n) is 10.8. The lowest BCUT2D eigenvalue weighted by molar-refractivity contribution is -0.144. The summed E-state index contributed by atoms with van der Waals surface area (Å²) in [4.78, 5) is 24.3. The second kappa shape index (κ2) is 5.71. The van der Waals surface area contributed by atoms with Gasteiger partial charge in [-0.15, -0.1) is 11.3 Å². The Labute approximate surface area is 116 Å². The van der Waals surface area contributed by atoms with Crippen LogP contribution in [0.25, 0.3) is 0 Å². The molecule has 1 amide bonds. The van der Waals surface area contributed by atoms with Crippen LogP contribution in [0.2, 0.25) is 0 Å². The van der Waals surface area contributed by atoms with Crippen molar-refractivity contribution >= 4 is 23.2 Å². The van der Waals surface area contributed by atoms with E-state index in [1.807, 2.05) is 6.92 Å². The Morgan fingerprint density at radius 1 is 1.58 bits per heavy atom. The molecule has 2 heterocycles. The molecule has 1 saturated heterocycles. The molecule has 0 bridgehead atoms. The second-order valence-corrected chi connectivity index (χ2v) is 6.08. The highest BCUT2D eigenvalue weighted by atomic mass is 32.1. The third-order valence-corrected chi connectivity index (χ3v) is 4.43. The highest BCUT2D eigenvalue weighted by molar-refractivity contribution is 7.10. The number of hydrogen-bond donors (Lipinski definition) is 3. The standard InChI is InChI=1S/C13H18N2O3S/c1-13(5-3-6-14-8-13)12(18)15-10(11(16)17)9-4-2-7-19-9/h2,4,7,10,14H,3,5-6,8H2,1H3,(H,15,18)(H,16,17). The number of amides is 1. The number of rotatable bonds is 4. The molecular weight excluding hydrogens is 264 g/mol. The van der Waals surface area contributed by atoms with Crippen molar-refractivity contribution in [1.82, 2.24) is 10.6 Å². The van der Waals surface area contributed by atoms with Gasteiger partial charge in [0.15, 0.2) is 6.04 Å². The number of carboxylic acid groups (broad SMARTS) is 1. The molecule has 0 radical (unpaired) electrons. The van der Waals surface area contributed by atoms with Crippen LogP contribution >= 0.6 is 11.3 Å². The number of piperidine rings is 1. The Balaban J connectivity index is 2.09. The molecule has 19 heavy (non-hydrogen) atoms. The van der Waals surface area contributed by atoms with Gasteiger partial charge in [0.2, 0.25) is 5.91 Å². The third-order valence-electron chi connectivity index (χ3n) is 3.50. The van der Waals surface area contributed by atoms with E-state index in [1.165, 1.54) is 11.3 Å². The van der Waals surface area contributed by atoms with Crippen LogP contribution in [0.5, 0.6) is 0 Å². The largest absolute Gasteiger partial charge is 0.479 e. The van der Waals surface area contributed by atoms with Crippen LogP contribution in [0, 0.1) is 5.41 Å². The summed E-state index contributed by atoms with van der Waals surface area (Å²) < 4.78 is 0. The summed E-state index contributed by atoms with van der Waals surface area (Å²) in [7, 11) is 0. The molecule has 1 aliphatic heterocycles. The van der Waals surface area contributed by atoms with Crippen LogP contribution in [0.1, 0.15) is 30.7 Å². The number of carbonyl (C=O) groups is 2. The smallest absolute Gasteiger partial charge is 0.331 e. The molecule has 1 aliphatic rings. The Morgan fingerprint density at radius 3 is 2.89 bits per heavy atom. The number of thiophene rings is 1. The third kappa shape index (κ3) is 3.13. The van der Waals surface area contributed by atoms with E-state index < -0.39 is 17.4 Å². The minimum absolute atomic E-state index is 0.194. The molecule has 0 aromatic carbocycles. The van der Waals surface area contributed by atoms with E-state index in [4.69, 9.17) is 0 Å². The zero-order chi connectivity index (χ0) is 13.9. The zero-order valence-corrected chi connectivity index (χ0v) is 11.6. The highest BCUT2D eigenvalue weighted by Gasteiger charge is 2.37. The minimum atomic E-state index is -1.02. The number of aliphatic carboxylic acids is 1. The lowest BCUT2D eigenvalue weighted by Gasteiger charge is -2.33. The van der Waals surface area contributed by atoms with E-state index >= 15 is 0 Å². The highest BCUT2D eigenvalue weighted by Crippen LogP contribution is 2.27. The molecule has 1 aromatic heterocycles. The maximum absolute atomic E-state index is 12.3. The van der Waals surface area contributed by atoms with E-state index in [2.05, 4.69) is 10.6 Å². The molecule has 2 rings (SSSR count). The second-order valence-electron chi connectivity index (χ2n) is 5.10. The predicted molar refractivity (Wildman–Crippen MR) is 73.0 cm³/mol. The van der Waals surface area contributed by atoms with Gasteiger partial charge in [-0.05, 0) is 37.8 Å². The summed E-state index contributed by atoms with van der Waals surface area (Å²) >= 11 is 1.34. The van der Waals surface area contributed by atoms with Gasteiger partial charge in [-0.1, -0.05) is 6.07 Å². The number of nitrogens with one attached hydrogen (secondary N) is 2. The molecule has 6 heteroatoms. The first-order valence-electron chi connectivity index (χ1n) is 6.31. The topological polar surface area (TPSA) is 78.4 Å². The molecule has 104 valence electrons. The number of hydrogen-bond acceptors (Lipinski definition) is 4. The van der Waals surface area contributed by atoms with E-state index in [1.54, 1.807) is 17.5 Å². The van der Waals surface area contributed by atoms with E-state index in [0.29, 0.717) is 11.4 Å². The lowest BCUT2D eigenvalue weighted by atomic mass is 9.81. The van der Waals surface area contributed by atoms with Crippen LogP contribution in [0.3, 0.4) is 0 Å². The fourth-order valence-corrected chi connectivity index (χ4v) is 3.03. The molecule has 0 aliphatic carbocycles. The Morgan fingerprint density at radius 2 is 2.37 bits per heavy atom. The van der Waals surface area contributed by atoms with Crippen molar-refractivity contribution in [3.63, 3.8) is 0 Å². The van der Waals surface area contributed by atoms with Crippen LogP contribution < -0.4 is 10.6 Å². The molecule has 2 unspecified atom stereocenters. The Kier molecular flexibility index (Phi) is 4.21. The van der Waals surface area contributed by atoms with Crippen molar-refractivity contribution in [2.24, 2.45) is 5.41 Å². The number of carbonyl (C=O) groups excluding carboxylic acids is 1. The molecule has 1 fully saturated rings. The van der Waals surface area contributed by atoms with Crippen LogP contribution in [-0.4, -0.2) is 30.1 Å². The van der Waals surface area contributed by atoms with Gasteiger partial charge in [0.05, 0.1) is 5.41 Å². The summed E-state index contributed by atoms with van der Waals surface area (Å²) in [5.74, 6) is -1.22. The summed E-state index contributed by atoms with van der Waals surface area (Å²) in [5, 5.41) is 16.9. The maximum atomic E-state index is 12.3. The quantitative estimate of drug-likeness (QED) is 0.779. The van der Waals surface area contributed by atoms with Gasteiger partial charge in [-0.25, -0.2) is 4.79 Å². The summed E-state index contributed by atoms with van der Waals surface area (Å²) in [6.07, 6.45) is 1.71. The Bertz CT molecular complexity index is 452. The van der Waals surface area contributed by atoms with E-state index in [0.717, 1.165) is 19.4 Å². The van der Waals surface area contributed by atoms with Crippen molar-refractivity contribution < 1.29 is 14.7 Å². The van der Waals surface area contributed by atoms with Crippen molar-refractivity contribution in [2.45, 2.75) is 25.8 Å². The van der Waals surface area contributed by atoms with Gasteiger partial charge < -0.3 is 15.7 Å². The first-order valence-corrected chi connectivity index (χ1v) is 7.19. The molecule has 2 atom stereocenters. The average molecular weight is 282 g/mol. The first kappa shape index (κ1) is 14.0. The van der Waals surface area contributed by atoms with Gasteiger partial charge >= 0.3 is 5.97 Å². The fourth-order valence-electron chi connectivity index (χ4n) is 2.27.